The molecule has 1 aliphatic rings. The molecule has 1 aromatic heterocycles. The Kier molecular flexibility index (Phi) is 4.50. The standard InChI is InChI=1S/C15H23N3/c1-12(2)10-18(3)11-15-6-4-5-14(17-15)9-16-13-7-8-13/h4-6,13,16H,1,7-11H2,2-3H3. The zero-order valence-electron chi connectivity index (χ0n) is 11.4. The second-order valence-electron chi connectivity index (χ2n) is 5.40. The molecule has 0 unspecified atom stereocenters. The Morgan fingerprint density at radius 3 is 2.83 bits per heavy atom. The third-order valence-corrected chi connectivity index (χ3v) is 2.99. The number of pyridine rings is 1. The first-order chi connectivity index (χ1) is 8.63. The predicted octanol–water partition coefficient (Wildman–Crippen LogP) is 2.34. The van der Waals surface area contributed by atoms with Crippen molar-refractivity contribution >= 4 is 0 Å². The zero-order chi connectivity index (χ0) is 13.0. The molecule has 0 radical (unpaired) electrons. The van der Waals surface area contributed by atoms with Gasteiger partial charge in [0.05, 0.1) is 11.4 Å². The van der Waals surface area contributed by atoms with Gasteiger partial charge in [0, 0.05) is 25.7 Å². The average Bonchev–Trinajstić information content (AvgIpc) is 3.09. The van der Waals surface area contributed by atoms with E-state index < -0.39 is 0 Å². The van der Waals surface area contributed by atoms with E-state index in [1.54, 1.807) is 0 Å². The molecule has 1 aliphatic carbocycles. The van der Waals surface area contributed by atoms with Crippen LogP contribution < -0.4 is 5.32 Å². The quantitative estimate of drug-likeness (QED) is 0.747. The van der Waals surface area contributed by atoms with Crippen LogP contribution in [0.25, 0.3) is 0 Å². The fourth-order valence-electron chi connectivity index (χ4n) is 2.05. The van der Waals surface area contributed by atoms with E-state index in [0.29, 0.717) is 0 Å². The Morgan fingerprint density at radius 2 is 2.17 bits per heavy atom. The molecule has 0 amide bonds. The van der Waals surface area contributed by atoms with E-state index in [1.807, 2.05) is 0 Å². The lowest BCUT2D eigenvalue weighted by Gasteiger charge is -2.16. The van der Waals surface area contributed by atoms with Crippen LogP contribution >= 0.6 is 0 Å². The summed E-state index contributed by atoms with van der Waals surface area (Å²) in [5.74, 6) is 0. The van der Waals surface area contributed by atoms with Gasteiger partial charge >= 0.3 is 0 Å². The van der Waals surface area contributed by atoms with Gasteiger partial charge in [-0.15, -0.1) is 0 Å². The van der Waals surface area contributed by atoms with Crippen molar-refractivity contribution in [3.05, 3.63) is 41.7 Å². The fourth-order valence-corrected chi connectivity index (χ4v) is 2.05. The minimum Gasteiger partial charge on any atom is -0.308 e. The van der Waals surface area contributed by atoms with E-state index in [0.717, 1.165) is 37.1 Å². The van der Waals surface area contributed by atoms with Gasteiger partial charge in [0.15, 0.2) is 0 Å². The van der Waals surface area contributed by atoms with Gasteiger partial charge in [-0.05, 0) is 38.9 Å². The van der Waals surface area contributed by atoms with Gasteiger partial charge in [-0.2, -0.15) is 0 Å². The SMILES string of the molecule is C=C(C)CN(C)Cc1cccc(CNC2CC2)n1. The van der Waals surface area contributed by atoms with E-state index in [9.17, 15) is 0 Å². The maximum Gasteiger partial charge on any atom is 0.0547 e. The first-order valence-electron chi connectivity index (χ1n) is 6.64. The molecule has 1 N–H and O–H groups in total. The first-order valence-corrected chi connectivity index (χ1v) is 6.64. The Bertz CT molecular complexity index is 410. The van der Waals surface area contributed by atoms with E-state index in [2.05, 4.69) is 54.0 Å². The van der Waals surface area contributed by atoms with Crippen LogP contribution in [-0.4, -0.2) is 29.5 Å². The third-order valence-electron chi connectivity index (χ3n) is 2.99. The summed E-state index contributed by atoms with van der Waals surface area (Å²) in [4.78, 5) is 6.92. The molecule has 0 aliphatic heterocycles. The smallest absolute Gasteiger partial charge is 0.0547 e. The van der Waals surface area contributed by atoms with Crippen LogP contribution in [-0.2, 0) is 13.1 Å². The highest BCUT2D eigenvalue weighted by Crippen LogP contribution is 2.19. The molecule has 3 nitrogen and oxygen atoms in total. The van der Waals surface area contributed by atoms with Gasteiger partial charge in [-0.25, -0.2) is 0 Å². The van der Waals surface area contributed by atoms with Crippen molar-refractivity contribution in [2.75, 3.05) is 13.6 Å². The molecule has 1 fully saturated rings. The molecule has 1 heterocycles. The van der Waals surface area contributed by atoms with Crippen molar-refractivity contribution < 1.29 is 0 Å². The van der Waals surface area contributed by atoms with Crippen LogP contribution in [0.5, 0.6) is 0 Å². The summed E-state index contributed by atoms with van der Waals surface area (Å²) in [6.07, 6.45) is 2.64. The van der Waals surface area contributed by atoms with Crippen LogP contribution in [0, 0.1) is 0 Å². The molecule has 0 saturated heterocycles. The Hall–Kier alpha value is -1.19. The second kappa shape index (κ2) is 6.12. The normalized spacial score (nSPS) is 15.1. The highest BCUT2D eigenvalue weighted by molar-refractivity contribution is 5.11. The highest BCUT2D eigenvalue weighted by Gasteiger charge is 2.20. The van der Waals surface area contributed by atoms with Crippen LogP contribution in [0.15, 0.2) is 30.4 Å². The van der Waals surface area contributed by atoms with Gasteiger partial charge in [-0.1, -0.05) is 18.2 Å². The molecule has 0 aromatic carbocycles. The van der Waals surface area contributed by atoms with Gasteiger partial charge in [0.1, 0.15) is 0 Å². The van der Waals surface area contributed by atoms with E-state index in [1.165, 1.54) is 18.4 Å². The summed E-state index contributed by atoms with van der Waals surface area (Å²) in [5, 5.41) is 3.50. The summed E-state index contributed by atoms with van der Waals surface area (Å²) < 4.78 is 0. The maximum absolute atomic E-state index is 4.69. The first kappa shape index (κ1) is 13.2. The number of aromatic nitrogens is 1. The molecule has 1 aromatic rings. The Morgan fingerprint density at radius 1 is 1.44 bits per heavy atom. The summed E-state index contributed by atoms with van der Waals surface area (Å²) in [7, 11) is 2.10. The number of hydrogen-bond donors (Lipinski definition) is 1. The summed E-state index contributed by atoms with van der Waals surface area (Å²) in [6.45, 7) is 8.69. The topological polar surface area (TPSA) is 28.2 Å². The summed E-state index contributed by atoms with van der Waals surface area (Å²) >= 11 is 0. The summed E-state index contributed by atoms with van der Waals surface area (Å²) in [6, 6.07) is 7.02. The number of likely N-dealkylation sites (N-methyl/N-ethyl adjacent to an activating group) is 1. The molecule has 0 spiro atoms. The van der Waals surface area contributed by atoms with Crippen molar-refractivity contribution in [1.82, 2.24) is 15.2 Å². The highest BCUT2D eigenvalue weighted by atomic mass is 15.1. The van der Waals surface area contributed by atoms with Crippen molar-refractivity contribution in [2.45, 2.75) is 38.9 Å². The molecule has 18 heavy (non-hydrogen) atoms. The number of nitrogens with zero attached hydrogens (tertiary/aromatic N) is 2. The van der Waals surface area contributed by atoms with Gasteiger partial charge in [0.25, 0.3) is 0 Å². The molecular weight excluding hydrogens is 222 g/mol. The lowest BCUT2D eigenvalue weighted by atomic mass is 10.2. The van der Waals surface area contributed by atoms with Crippen molar-refractivity contribution in [3.63, 3.8) is 0 Å². The van der Waals surface area contributed by atoms with Crippen molar-refractivity contribution in [2.24, 2.45) is 0 Å². The predicted molar refractivity (Wildman–Crippen MR) is 75.2 cm³/mol. The Balaban J connectivity index is 1.86. The molecule has 0 atom stereocenters. The van der Waals surface area contributed by atoms with E-state index in [4.69, 9.17) is 0 Å². The van der Waals surface area contributed by atoms with Crippen molar-refractivity contribution in [1.29, 1.82) is 0 Å². The molecular formula is C15H23N3. The lowest BCUT2D eigenvalue weighted by molar-refractivity contribution is 0.350. The molecule has 98 valence electrons. The minimum absolute atomic E-state index is 0.738. The zero-order valence-corrected chi connectivity index (χ0v) is 11.4. The van der Waals surface area contributed by atoms with Crippen LogP contribution in [0.3, 0.4) is 0 Å². The maximum atomic E-state index is 4.69. The van der Waals surface area contributed by atoms with Crippen LogP contribution in [0.4, 0.5) is 0 Å². The molecule has 3 heteroatoms. The third kappa shape index (κ3) is 4.59. The summed E-state index contributed by atoms with van der Waals surface area (Å²) in [5.41, 5.74) is 3.46. The van der Waals surface area contributed by atoms with Gasteiger partial charge in [0.2, 0.25) is 0 Å². The van der Waals surface area contributed by atoms with Gasteiger partial charge < -0.3 is 5.32 Å². The number of rotatable bonds is 7. The lowest BCUT2D eigenvalue weighted by Crippen LogP contribution is -2.21. The molecule has 1 saturated carbocycles. The number of hydrogen-bond acceptors (Lipinski definition) is 3. The minimum atomic E-state index is 0.738. The Labute approximate surface area is 110 Å². The second-order valence-corrected chi connectivity index (χ2v) is 5.40. The molecule has 2 rings (SSSR count). The van der Waals surface area contributed by atoms with E-state index in [-0.39, 0.29) is 0 Å². The molecule has 0 bridgehead atoms. The van der Waals surface area contributed by atoms with Crippen LogP contribution in [0.1, 0.15) is 31.2 Å². The van der Waals surface area contributed by atoms with Gasteiger partial charge in [-0.3, -0.25) is 9.88 Å². The monoisotopic (exact) mass is 245 g/mol. The number of nitrogens with one attached hydrogen (secondary N) is 1. The fraction of sp³-hybridized carbons (Fsp3) is 0.533. The van der Waals surface area contributed by atoms with Crippen molar-refractivity contribution in [3.8, 4) is 0 Å². The largest absolute Gasteiger partial charge is 0.308 e. The van der Waals surface area contributed by atoms with E-state index >= 15 is 0 Å². The average molecular weight is 245 g/mol. The van der Waals surface area contributed by atoms with Crippen LogP contribution in [0.2, 0.25) is 0 Å².